The van der Waals surface area contributed by atoms with Gasteiger partial charge in [0.15, 0.2) is 5.78 Å². The van der Waals surface area contributed by atoms with Crippen LogP contribution < -0.4 is 16.0 Å². The first kappa shape index (κ1) is 26.5. The van der Waals surface area contributed by atoms with Crippen molar-refractivity contribution < 1.29 is 24.0 Å². The molecule has 1 aliphatic rings. The van der Waals surface area contributed by atoms with Crippen LogP contribution in [0.3, 0.4) is 0 Å². The van der Waals surface area contributed by atoms with Gasteiger partial charge in [0.2, 0.25) is 23.6 Å². The van der Waals surface area contributed by atoms with Gasteiger partial charge in [-0.25, -0.2) is 0 Å². The molecule has 2 aromatic rings. The van der Waals surface area contributed by atoms with Gasteiger partial charge in [-0.05, 0) is 23.1 Å². The van der Waals surface area contributed by atoms with Crippen LogP contribution in [0.4, 0.5) is 0 Å². The molecule has 8 heteroatoms. The zero-order valence-corrected chi connectivity index (χ0v) is 20.6. The van der Waals surface area contributed by atoms with Crippen LogP contribution in [0.25, 0.3) is 6.08 Å². The van der Waals surface area contributed by atoms with E-state index in [1.54, 1.807) is 32.1 Å². The van der Waals surface area contributed by atoms with Crippen molar-refractivity contribution in [3.63, 3.8) is 0 Å². The molecular weight excluding hydrogens is 458 g/mol. The Morgan fingerprint density at radius 1 is 0.917 bits per heavy atom. The normalized spacial score (nSPS) is 19.1. The van der Waals surface area contributed by atoms with Crippen molar-refractivity contribution in [3.8, 4) is 0 Å². The highest BCUT2D eigenvalue weighted by Gasteiger charge is 2.46. The van der Waals surface area contributed by atoms with E-state index in [-0.39, 0.29) is 18.2 Å². The molecule has 0 unspecified atom stereocenters. The third-order valence-electron chi connectivity index (χ3n) is 6.17. The quantitative estimate of drug-likeness (QED) is 0.269. The number of ketones is 1. The minimum Gasteiger partial charge on any atom is -0.346 e. The van der Waals surface area contributed by atoms with Crippen molar-refractivity contribution >= 4 is 35.5 Å². The Balaban J connectivity index is 1.72. The Morgan fingerprint density at radius 3 is 2.08 bits per heavy atom. The van der Waals surface area contributed by atoms with Gasteiger partial charge in [-0.15, -0.1) is 0 Å². The highest BCUT2D eigenvalue weighted by molar-refractivity contribution is 6.16. The largest absolute Gasteiger partial charge is 0.346 e. The number of nitrogens with one attached hydrogen (secondary N) is 3. The summed E-state index contributed by atoms with van der Waals surface area (Å²) in [6.07, 6.45) is 2.97. The number of carbonyl (C=O) groups excluding carboxylic acids is 5. The standard InChI is InChI=1S/C28H31N3O5/c1-17(2)25(26(34)24-18(3)27(35)31-28(24)36)30-23(33)16-21(20-12-8-5-9-13-20)29-22(32)15-14-19-10-6-4-7-11-19/h4-15,17-18,21,24-25H,16H2,1-3H3,(H,29,32)(H,30,33)(H,31,35,36)/b15-14+/t18-,21+,24+,25+/m0/s1. The number of hydrogen-bond donors (Lipinski definition) is 3. The molecule has 1 aliphatic heterocycles. The molecule has 188 valence electrons. The summed E-state index contributed by atoms with van der Waals surface area (Å²) < 4.78 is 0. The maximum atomic E-state index is 13.1. The minimum atomic E-state index is -1.14. The van der Waals surface area contributed by atoms with Gasteiger partial charge < -0.3 is 10.6 Å². The van der Waals surface area contributed by atoms with Crippen LogP contribution in [0.5, 0.6) is 0 Å². The zero-order valence-electron chi connectivity index (χ0n) is 20.6. The fourth-order valence-corrected chi connectivity index (χ4v) is 4.14. The van der Waals surface area contributed by atoms with Crippen molar-refractivity contribution in [1.29, 1.82) is 0 Å². The summed E-state index contributed by atoms with van der Waals surface area (Å²) in [6, 6.07) is 16.8. The molecule has 0 saturated carbocycles. The average Bonchev–Trinajstić information content (AvgIpc) is 3.12. The molecule has 1 fully saturated rings. The van der Waals surface area contributed by atoms with Crippen molar-refractivity contribution in [3.05, 3.63) is 77.9 Å². The molecule has 2 aromatic carbocycles. The van der Waals surface area contributed by atoms with Crippen molar-refractivity contribution in [2.75, 3.05) is 0 Å². The Hall–Kier alpha value is -4.07. The Labute approximate surface area is 210 Å². The molecule has 0 spiro atoms. The monoisotopic (exact) mass is 489 g/mol. The van der Waals surface area contributed by atoms with E-state index < -0.39 is 47.4 Å². The topological polar surface area (TPSA) is 121 Å². The third-order valence-corrected chi connectivity index (χ3v) is 6.17. The molecule has 1 saturated heterocycles. The van der Waals surface area contributed by atoms with Crippen LogP contribution in [-0.2, 0) is 24.0 Å². The molecule has 4 atom stereocenters. The minimum absolute atomic E-state index is 0.114. The predicted molar refractivity (Wildman–Crippen MR) is 135 cm³/mol. The van der Waals surface area contributed by atoms with Crippen LogP contribution in [0.2, 0.25) is 0 Å². The molecule has 4 amide bonds. The molecular formula is C28H31N3O5. The number of imide groups is 1. The first-order valence-corrected chi connectivity index (χ1v) is 11.9. The first-order valence-electron chi connectivity index (χ1n) is 11.9. The number of benzene rings is 2. The van der Waals surface area contributed by atoms with E-state index in [0.29, 0.717) is 0 Å². The van der Waals surface area contributed by atoms with E-state index in [9.17, 15) is 24.0 Å². The first-order chi connectivity index (χ1) is 17.2. The lowest BCUT2D eigenvalue weighted by Gasteiger charge is -2.25. The molecule has 3 N–H and O–H groups in total. The summed E-state index contributed by atoms with van der Waals surface area (Å²) in [6.45, 7) is 5.03. The van der Waals surface area contributed by atoms with Crippen LogP contribution in [-0.4, -0.2) is 35.5 Å². The number of rotatable bonds is 10. The van der Waals surface area contributed by atoms with Gasteiger partial charge >= 0.3 is 0 Å². The number of amides is 4. The van der Waals surface area contributed by atoms with Crippen LogP contribution in [0, 0.1) is 17.8 Å². The van der Waals surface area contributed by atoms with Crippen LogP contribution >= 0.6 is 0 Å². The second kappa shape index (κ2) is 12.1. The number of hydrogen-bond acceptors (Lipinski definition) is 5. The van der Waals surface area contributed by atoms with Gasteiger partial charge in [0.25, 0.3) is 0 Å². The number of Topliss-reactive ketones (excluding diaryl/α,β-unsaturated/α-hetero) is 1. The third kappa shape index (κ3) is 6.75. The summed E-state index contributed by atoms with van der Waals surface area (Å²) in [5, 5.41) is 7.77. The highest BCUT2D eigenvalue weighted by Crippen LogP contribution is 2.24. The van der Waals surface area contributed by atoms with Crippen molar-refractivity contribution in [1.82, 2.24) is 16.0 Å². The van der Waals surface area contributed by atoms with Gasteiger partial charge in [0, 0.05) is 6.08 Å². The van der Waals surface area contributed by atoms with E-state index in [2.05, 4.69) is 16.0 Å². The Bertz CT molecular complexity index is 1140. The number of carbonyl (C=O) groups is 5. The fraction of sp³-hybridized carbons (Fsp3) is 0.321. The summed E-state index contributed by atoms with van der Waals surface area (Å²) in [7, 11) is 0. The van der Waals surface area contributed by atoms with Gasteiger partial charge in [-0.3, -0.25) is 29.3 Å². The molecule has 0 radical (unpaired) electrons. The molecule has 3 rings (SSSR count). The maximum Gasteiger partial charge on any atom is 0.244 e. The molecule has 0 bridgehead atoms. The predicted octanol–water partition coefficient (Wildman–Crippen LogP) is 2.57. The lowest BCUT2D eigenvalue weighted by Crippen LogP contribution is -2.49. The van der Waals surface area contributed by atoms with Crippen molar-refractivity contribution in [2.24, 2.45) is 17.8 Å². The molecule has 36 heavy (non-hydrogen) atoms. The van der Waals surface area contributed by atoms with Gasteiger partial charge in [0.05, 0.1) is 24.4 Å². The lowest BCUT2D eigenvalue weighted by molar-refractivity contribution is -0.137. The highest BCUT2D eigenvalue weighted by atomic mass is 16.2. The molecule has 0 aliphatic carbocycles. The summed E-state index contributed by atoms with van der Waals surface area (Å²) in [5.74, 6) is -4.71. The van der Waals surface area contributed by atoms with E-state index >= 15 is 0 Å². The molecule has 8 nitrogen and oxygen atoms in total. The van der Waals surface area contributed by atoms with Crippen molar-refractivity contribution in [2.45, 2.75) is 39.3 Å². The van der Waals surface area contributed by atoms with E-state index in [1.807, 2.05) is 48.5 Å². The van der Waals surface area contributed by atoms with E-state index in [0.717, 1.165) is 11.1 Å². The lowest BCUT2D eigenvalue weighted by atomic mass is 9.85. The summed E-state index contributed by atoms with van der Waals surface area (Å²) in [4.78, 5) is 62.8. The summed E-state index contributed by atoms with van der Waals surface area (Å²) in [5.41, 5.74) is 1.60. The molecule has 0 aromatic heterocycles. The van der Waals surface area contributed by atoms with Gasteiger partial charge in [-0.2, -0.15) is 0 Å². The second-order valence-corrected chi connectivity index (χ2v) is 9.23. The van der Waals surface area contributed by atoms with Gasteiger partial charge in [0.1, 0.15) is 5.92 Å². The average molecular weight is 490 g/mol. The van der Waals surface area contributed by atoms with Crippen LogP contribution in [0.1, 0.15) is 44.4 Å². The smallest absolute Gasteiger partial charge is 0.244 e. The summed E-state index contributed by atoms with van der Waals surface area (Å²) >= 11 is 0. The Morgan fingerprint density at radius 2 is 1.53 bits per heavy atom. The van der Waals surface area contributed by atoms with Crippen LogP contribution in [0.15, 0.2) is 66.7 Å². The second-order valence-electron chi connectivity index (χ2n) is 9.23. The maximum absolute atomic E-state index is 13.1. The van der Waals surface area contributed by atoms with Gasteiger partial charge in [-0.1, -0.05) is 81.4 Å². The molecule has 1 heterocycles. The van der Waals surface area contributed by atoms with E-state index in [4.69, 9.17) is 0 Å². The fourth-order valence-electron chi connectivity index (χ4n) is 4.14. The van der Waals surface area contributed by atoms with E-state index in [1.165, 1.54) is 13.0 Å². The zero-order chi connectivity index (χ0) is 26.2. The SMILES string of the molecule is CC(C)[C@@H](NC(=O)C[C@@H](NC(=O)/C=C/c1ccccc1)c1ccccc1)C(=O)[C@@H]1C(=O)NC(=O)[C@H]1C. The Kier molecular flexibility index (Phi) is 8.89.